The van der Waals surface area contributed by atoms with E-state index in [4.69, 9.17) is 10.5 Å². The summed E-state index contributed by atoms with van der Waals surface area (Å²) in [5.74, 6) is 1.91. The van der Waals surface area contributed by atoms with E-state index in [9.17, 15) is 0 Å². The molecule has 0 unspecified atom stereocenters. The molecule has 18 heavy (non-hydrogen) atoms. The highest BCUT2D eigenvalue weighted by molar-refractivity contribution is 9.10. The van der Waals surface area contributed by atoms with Crippen molar-refractivity contribution < 1.29 is 4.74 Å². The molecule has 5 heteroatoms. The molecule has 3 rings (SSSR count). The number of halogens is 1. The van der Waals surface area contributed by atoms with Crippen LogP contribution in [0, 0.1) is 0 Å². The van der Waals surface area contributed by atoms with Crippen molar-refractivity contribution in [2.24, 2.45) is 5.73 Å². The zero-order valence-electron chi connectivity index (χ0n) is 9.87. The standard InChI is InChI=1S/C13H14BrN3O/c14-13-12(16-11(17-13)3-5-15)9-1-2-10-8(7-9)4-6-18-10/h1-2,7H,3-6,15H2,(H,16,17). The Morgan fingerprint density at radius 2 is 2.33 bits per heavy atom. The van der Waals surface area contributed by atoms with Gasteiger partial charge in [-0.1, -0.05) is 0 Å². The number of nitrogens with one attached hydrogen (secondary N) is 1. The molecule has 94 valence electrons. The second-order valence-corrected chi connectivity index (χ2v) is 5.10. The zero-order chi connectivity index (χ0) is 12.5. The van der Waals surface area contributed by atoms with Gasteiger partial charge in [0.25, 0.3) is 0 Å². The first-order valence-corrected chi connectivity index (χ1v) is 6.78. The lowest BCUT2D eigenvalue weighted by Crippen LogP contribution is -2.03. The van der Waals surface area contributed by atoms with Gasteiger partial charge in [0.1, 0.15) is 21.9 Å². The average Bonchev–Trinajstić information content (AvgIpc) is 2.95. The summed E-state index contributed by atoms with van der Waals surface area (Å²) in [6.45, 7) is 1.37. The molecule has 2 aromatic rings. The summed E-state index contributed by atoms with van der Waals surface area (Å²) in [6.07, 6.45) is 1.73. The molecule has 1 aliphatic rings. The molecule has 1 aliphatic heterocycles. The first-order valence-electron chi connectivity index (χ1n) is 5.98. The maximum atomic E-state index is 5.54. The van der Waals surface area contributed by atoms with Gasteiger partial charge in [0.05, 0.1) is 6.61 Å². The summed E-state index contributed by atoms with van der Waals surface area (Å²) in [7, 11) is 0. The zero-order valence-corrected chi connectivity index (χ0v) is 11.5. The summed E-state index contributed by atoms with van der Waals surface area (Å²) < 4.78 is 6.41. The topological polar surface area (TPSA) is 63.9 Å². The van der Waals surface area contributed by atoms with Gasteiger partial charge in [0, 0.05) is 18.4 Å². The number of ether oxygens (including phenoxy) is 1. The van der Waals surface area contributed by atoms with Gasteiger partial charge in [-0.3, -0.25) is 0 Å². The molecule has 0 spiro atoms. The molecule has 2 heterocycles. The van der Waals surface area contributed by atoms with Crippen LogP contribution in [0.3, 0.4) is 0 Å². The number of nitrogens with zero attached hydrogens (tertiary/aromatic N) is 1. The average molecular weight is 308 g/mol. The van der Waals surface area contributed by atoms with E-state index in [2.05, 4.69) is 32.0 Å². The fraction of sp³-hybridized carbons (Fsp3) is 0.308. The Balaban J connectivity index is 1.99. The predicted octanol–water partition coefficient (Wildman–Crippen LogP) is 2.28. The summed E-state index contributed by atoms with van der Waals surface area (Å²) in [5, 5.41) is 0. The number of hydrogen-bond donors (Lipinski definition) is 2. The maximum absolute atomic E-state index is 5.54. The van der Waals surface area contributed by atoms with Crippen LogP contribution in [0.25, 0.3) is 11.3 Å². The third kappa shape index (κ3) is 2.04. The van der Waals surface area contributed by atoms with Crippen LogP contribution in [0.15, 0.2) is 22.8 Å². The van der Waals surface area contributed by atoms with Crippen LogP contribution in [0.4, 0.5) is 0 Å². The van der Waals surface area contributed by atoms with Crippen molar-refractivity contribution in [3.05, 3.63) is 34.2 Å². The molecule has 0 atom stereocenters. The van der Waals surface area contributed by atoms with Crippen LogP contribution in [0.5, 0.6) is 5.75 Å². The van der Waals surface area contributed by atoms with Crippen molar-refractivity contribution in [2.45, 2.75) is 12.8 Å². The molecule has 3 N–H and O–H groups in total. The lowest BCUT2D eigenvalue weighted by molar-refractivity contribution is 0.357. The number of aromatic nitrogens is 2. The molecule has 4 nitrogen and oxygen atoms in total. The fourth-order valence-corrected chi connectivity index (χ4v) is 2.72. The summed E-state index contributed by atoms with van der Waals surface area (Å²) in [5.41, 5.74) is 8.83. The normalized spacial score (nSPS) is 13.4. The Bertz CT molecular complexity index is 580. The van der Waals surface area contributed by atoms with E-state index in [1.807, 2.05) is 12.1 Å². The molecule has 0 bridgehead atoms. The third-order valence-corrected chi connectivity index (χ3v) is 3.63. The number of fused-ring (bicyclic) bond motifs is 1. The minimum atomic E-state index is 0.595. The highest BCUT2D eigenvalue weighted by Crippen LogP contribution is 2.32. The Hall–Kier alpha value is -1.33. The molecule has 0 radical (unpaired) electrons. The van der Waals surface area contributed by atoms with Gasteiger partial charge >= 0.3 is 0 Å². The van der Waals surface area contributed by atoms with E-state index < -0.39 is 0 Å². The molecule has 0 aliphatic carbocycles. The highest BCUT2D eigenvalue weighted by atomic mass is 79.9. The van der Waals surface area contributed by atoms with Gasteiger partial charge in [-0.25, -0.2) is 4.98 Å². The van der Waals surface area contributed by atoms with Crippen LogP contribution in [-0.4, -0.2) is 23.1 Å². The van der Waals surface area contributed by atoms with Gasteiger partial charge in [-0.05, 0) is 46.2 Å². The Morgan fingerprint density at radius 1 is 1.44 bits per heavy atom. The number of hydrogen-bond acceptors (Lipinski definition) is 3. The number of aromatic amines is 1. The quantitative estimate of drug-likeness (QED) is 0.914. The summed E-state index contributed by atoms with van der Waals surface area (Å²) >= 11 is 3.51. The van der Waals surface area contributed by atoms with Crippen LogP contribution < -0.4 is 10.5 Å². The van der Waals surface area contributed by atoms with Crippen LogP contribution in [0.2, 0.25) is 0 Å². The smallest absolute Gasteiger partial charge is 0.122 e. The predicted molar refractivity (Wildman–Crippen MR) is 73.7 cm³/mol. The van der Waals surface area contributed by atoms with Crippen LogP contribution in [0.1, 0.15) is 11.4 Å². The van der Waals surface area contributed by atoms with E-state index in [0.717, 1.165) is 46.9 Å². The molecule has 0 saturated heterocycles. The molecule has 0 amide bonds. The van der Waals surface area contributed by atoms with E-state index in [-0.39, 0.29) is 0 Å². The molecular formula is C13H14BrN3O. The van der Waals surface area contributed by atoms with Crippen molar-refractivity contribution in [2.75, 3.05) is 13.2 Å². The van der Waals surface area contributed by atoms with Crippen molar-refractivity contribution >= 4 is 15.9 Å². The van der Waals surface area contributed by atoms with Gasteiger partial charge in [-0.15, -0.1) is 0 Å². The Kier molecular flexibility index (Phi) is 3.09. The fourth-order valence-electron chi connectivity index (χ4n) is 2.18. The first kappa shape index (κ1) is 11.7. The SMILES string of the molecule is NCCc1nc(-c2ccc3c(c2)CCO3)c(Br)[nH]1. The van der Waals surface area contributed by atoms with Crippen LogP contribution >= 0.6 is 15.9 Å². The van der Waals surface area contributed by atoms with Crippen LogP contribution in [-0.2, 0) is 12.8 Å². The van der Waals surface area contributed by atoms with Gasteiger partial charge in [0.15, 0.2) is 0 Å². The second kappa shape index (κ2) is 4.74. The van der Waals surface area contributed by atoms with E-state index in [1.165, 1.54) is 5.56 Å². The number of nitrogens with two attached hydrogens (primary N) is 1. The van der Waals surface area contributed by atoms with Crippen molar-refractivity contribution in [1.82, 2.24) is 9.97 Å². The van der Waals surface area contributed by atoms with Gasteiger partial charge in [0.2, 0.25) is 0 Å². The third-order valence-electron chi connectivity index (χ3n) is 3.05. The number of imidazole rings is 1. The van der Waals surface area contributed by atoms with Crippen molar-refractivity contribution in [3.8, 4) is 17.0 Å². The van der Waals surface area contributed by atoms with Gasteiger partial charge < -0.3 is 15.5 Å². The Morgan fingerprint density at radius 3 is 3.17 bits per heavy atom. The molecule has 1 aromatic heterocycles. The summed E-state index contributed by atoms with van der Waals surface area (Å²) in [6, 6.07) is 6.20. The lowest BCUT2D eigenvalue weighted by atomic mass is 10.1. The molecular weight excluding hydrogens is 294 g/mol. The lowest BCUT2D eigenvalue weighted by Gasteiger charge is -2.02. The second-order valence-electron chi connectivity index (χ2n) is 4.31. The highest BCUT2D eigenvalue weighted by Gasteiger charge is 2.15. The number of H-pyrrole nitrogens is 1. The maximum Gasteiger partial charge on any atom is 0.122 e. The minimum Gasteiger partial charge on any atom is -0.493 e. The molecule has 0 fully saturated rings. The Labute approximate surface area is 114 Å². The van der Waals surface area contributed by atoms with Crippen molar-refractivity contribution in [1.29, 1.82) is 0 Å². The van der Waals surface area contributed by atoms with Gasteiger partial charge in [-0.2, -0.15) is 0 Å². The summed E-state index contributed by atoms with van der Waals surface area (Å²) in [4.78, 5) is 7.78. The first-order chi connectivity index (χ1) is 8.78. The van der Waals surface area contributed by atoms with E-state index in [1.54, 1.807) is 0 Å². The number of benzene rings is 1. The van der Waals surface area contributed by atoms with Crippen molar-refractivity contribution in [3.63, 3.8) is 0 Å². The monoisotopic (exact) mass is 307 g/mol. The largest absolute Gasteiger partial charge is 0.493 e. The molecule has 1 aromatic carbocycles. The molecule has 0 saturated carbocycles. The van der Waals surface area contributed by atoms with E-state index in [0.29, 0.717) is 6.54 Å². The number of rotatable bonds is 3. The van der Waals surface area contributed by atoms with E-state index >= 15 is 0 Å². The minimum absolute atomic E-state index is 0.595.